The lowest BCUT2D eigenvalue weighted by molar-refractivity contribution is 0.136. The fourth-order valence-corrected chi connectivity index (χ4v) is 1.37. The zero-order valence-corrected chi connectivity index (χ0v) is 12.0. The second-order valence-corrected chi connectivity index (χ2v) is 6.10. The van der Waals surface area contributed by atoms with Crippen LogP contribution in [0.15, 0.2) is 24.3 Å². The molecule has 0 amide bonds. The topological polar surface area (TPSA) is 58.9 Å². The predicted molar refractivity (Wildman–Crippen MR) is 70.7 cm³/mol. The molecule has 0 aromatic heterocycles. The normalized spacial score (nSPS) is 12.3. The molecular weight excluding hydrogens is 326 g/mol. The number of ether oxygens (including phenoxy) is 2. The molecule has 1 rings (SSSR count). The molecule has 0 aliphatic carbocycles. The van der Waals surface area contributed by atoms with E-state index in [0.717, 1.165) is 0 Å². The minimum Gasteiger partial charge on any atom is -0.455 e. The Morgan fingerprint density at radius 3 is 1.61 bits per heavy atom. The van der Waals surface area contributed by atoms with E-state index in [4.69, 9.17) is 66.1 Å². The highest BCUT2D eigenvalue weighted by atomic mass is 35.5. The van der Waals surface area contributed by atoms with Crippen LogP contribution < -0.4 is 9.47 Å². The van der Waals surface area contributed by atoms with Gasteiger partial charge >= 0.3 is 0 Å². The first kappa shape index (κ1) is 16.0. The largest absolute Gasteiger partial charge is 0.455 e. The van der Waals surface area contributed by atoms with E-state index in [1.54, 1.807) is 18.2 Å². The highest BCUT2D eigenvalue weighted by Crippen LogP contribution is 2.31. The number of aliphatic hydroxyl groups is 2. The molecule has 0 bridgehead atoms. The molecule has 102 valence electrons. The lowest BCUT2D eigenvalue weighted by Crippen LogP contribution is -2.27. The van der Waals surface area contributed by atoms with Crippen LogP contribution in [-0.4, -0.2) is 32.5 Å². The van der Waals surface area contributed by atoms with Crippen LogP contribution in [0.4, 0.5) is 0 Å². The van der Waals surface area contributed by atoms with Crippen LogP contribution in [-0.2, 0) is 0 Å². The predicted octanol–water partition coefficient (Wildman–Crippen LogP) is 2.69. The lowest BCUT2D eigenvalue weighted by atomic mass is 10.3. The van der Waals surface area contributed by atoms with Gasteiger partial charge < -0.3 is 19.7 Å². The van der Waals surface area contributed by atoms with Crippen molar-refractivity contribution in [1.29, 1.82) is 0 Å². The molecule has 0 saturated heterocycles. The summed E-state index contributed by atoms with van der Waals surface area (Å²) < 4.78 is 6.67. The summed E-state index contributed by atoms with van der Waals surface area (Å²) in [7, 11) is 0. The summed E-state index contributed by atoms with van der Waals surface area (Å²) in [6, 6.07) is 6.08. The first-order valence-corrected chi connectivity index (χ1v) is 6.25. The summed E-state index contributed by atoms with van der Waals surface area (Å²) in [6.07, 6.45) is 0. The molecule has 18 heavy (non-hydrogen) atoms. The third-order valence-electron chi connectivity index (χ3n) is 1.71. The van der Waals surface area contributed by atoms with Crippen LogP contribution in [0.5, 0.6) is 11.5 Å². The minimum atomic E-state index is -1.76. The summed E-state index contributed by atoms with van der Waals surface area (Å²) >= 11 is 22.5. The number of halogens is 4. The van der Waals surface area contributed by atoms with Crippen molar-refractivity contribution >= 4 is 46.4 Å². The van der Waals surface area contributed by atoms with Gasteiger partial charge in [0.2, 0.25) is 0 Å². The Hall–Kier alpha value is -0.100. The van der Waals surface area contributed by atoms with Gasteiger partial charge in [0.15, 0.2) is 0 Å². The molecule has 0 unspecified atom stereocenters. The van der Waals surface area contributed by atoms with E-state index in [0.29, 0.717) is 0 Å². The van der Waals surface area contributed by atoms with E-state index in [1.807, 2.05) is 0 Å². The van der Waals surface area contributed by atoms with Gasteiger partial charge in [-0.3, -0.25) is 0 Å². The van der Waals surface area contributed by atoms with Crippen molar-refractivity contribution in [2.45, 2.75) is 9.04 Å². The second kappa shape index (κ2) is 6.37. The lowest BCUT2D eigenvalue weighted by Gasteiger charge is -2.21. The number of hydrogen-bond acceptors (Lipinski definition) is 4. The van der Waals surface area contributed by atoms with Crippen molar-refractivity contribution in [2.24, 2.45) is 0 Å². The zero-order chi connectivity index (χ0) is 13.8. The highest BCUT2D eigenvalue weighted by molar-refractivity contribution is 6.47. The second-order valence-electron chi connectivity index (χ2n) is 3.27. The van der Waals surface area contributed by atoms with Crippen molar-refractivity contribution in [3.63, 3.8) is 0 Å². The monoisotopic (exact) mass is 334 g/mol. The maximum atomic E-state index is 8.85. The number of benzene rings is 1. The van der Waals surface area contributed by atoms with Gasteiger partial charge in [0.25, 0.3) is 9.04 Å². The number of alkyl halides is 4. The molecule has 0 aliphatic heterocycles. The van der Waals surface area contributed by atoms with E-state index < -0.39 is 22.3 Å². The Kier molecular flexibility index (Phi) is 5.65. The van der Waals surface area contributed by atoms with Gasteiger partial charge in [-0.25, -0.2) is 0 Å². The maximum absolute atomic E-state index is 8.85. The van der Waals surface area contributed by atoms with Crippen LogP contribution in [0, 0.1) is 0 Å². The average molecular weight is 336 g/mol. The van der Waals surface area contributed by atoms with Gasteiger partial charge in [0, 0.05) is 6.07 Å². The number of hydrogen-bond donors (Lipinski definition) is 2. The molecule has 4 nitrogen and oxygen atoms in total. The van der Waals surface area contributed by atoms with Gasteiger partial charge in [-0.1, -0.05) is 52.5 Å². The molecule has 0 fully saturated rings. The van der Waals surface area contributed by atoms with Crippen molar-refractivity contribution in [1.82, 2.24) is 0 Å². The van der Waals surface area contributed by atoms with E-state index in [-0.39, 0.29) is 11.5 Å². The van der Waals surface area contributed by atoms with Crippen LogP contribution >= 0.6 is 46.4 Å². The molecule has 1 aromatic rings. The van der Waals surface area contributed by atoms with Gasteiger partial charge in [-0.2, -0.15) is 0 Å². The third kappa shape index (κ3) is 5.26. The van der Waals surface area contributed by atoms with Crippen LogP contribution in [0.25, 0.3) is 0 Å². The van der Waals surface area contributed by atoms with Crippen LogP contribution in [0.3, 0.4) is 0 Å². The molecular formula is C10H10Cl4O4. The molecule has 0 aliphatic rings. The fourth-order valence-electron chi connectivity index (χ4n) is 1.01. The molecule has 0 radical (unpaired) electrons. The van der Waals surface area contributed by atoms with Gasteiger partial charge in [-0.15, -0.1) is 0 Å². The molecule has 2 N–H and O–H groups in total. The Labute approximate surface area is 124 Å². The summed E-state index contributed by atoms with van der Waals surface area (Å²) in [6.45, 7) is -1.18. The molecule has 0 heterocycles. The van der Waals surface area contributed by atoms with E-state index in [2.05, 4.69) is 0 Å². The first-order chi connectivity index (χ1) is 8.28. The summed E-state index contributed by atoms with van der Waals surface area (Å²) in [5.41, 5.74) is 0. The standard InChI is InChI=1S/C10H10Cl4O4/c11-9(12,5-15)17-7-2-1-3-8(4-7)18-10(13,14)6-16/h1-4,15-16H,5-6H2. The molecule has 1 aromatic carbocycles. The van der Waals surface area contributed by atoms with Crippen molar-refractivity contribution in [3.05, 3.63) is 24.3 Å². The fraction of sp³-hybridized carbons (Fsp3) is 0.400. The van der Waals surface area contributed by atoms with E-state index >= 15 is 0 Å². The first-order valence-electron chi connectivity index (χ1n) is 4.73. The molecule has 0 saturated carbocycles. The summed E-state index contributed by atoms with van der Waals surface area (Å²) in [5, 5.41) is 17.7. The molecule has 0 atom stereocenters. The zero-order valence-electron chi connectivity index (χ0n) is 8.95. The minimum absolute atomic E-state index is 0.244. The maximum Gasteiger partial charge on any atom is 0.281 e. The quantitative estimate of drug-likeness (QED) is 0.785. The van der Waals surface area contributed by atoms with Crippen LogP contribution in [0.1, 0.15) is 0 Å². The number of rotatable bonds is 6. The van der Waals surface area contributed by atoms with Gasteiger partial charge in [0.05, 0.1) is 0 Å². The average Bonchev–Trinajstić information content (AvgIpc) is 2.28. The molecule has 8 heteroatoms. The Balaban J connectivity index is 2.80. The van der Waals surface area contributed by atoms with Crippen molar-refractivity contribution in [2.75, 3.05) is 13.2 Å². The van der Waals surface area contributed by atoms with E-state index in [9.17, 15) is 0 Å². The van der Waals surface area contributed by atoms with Gasteiger partial charge in [-0.05, 0) is 12.1 Å². The highest BCUT2D eigenvalue weighted by Gasteiger charge is 2.27. The number of aliphatic hydroxyl groups excluding tert-OH is 2. The van der Waals surface area contributed by atoms with Crippen molar-refractivity contribution in [3.8, 4) is 11.5 Å². The Morgan fingerprint density at radius 1 is 0.889 bits per heavy atom. The molecule has 0 spiro atoms. The summed E-state index contributed by atoms with van der Waals surface area (Å²) in [4.78, 5) is 0. The van der Waals surface area contributed by atoms with Gasteiger partial charge in [0.1, 0.15) is 24.7 Å². The smallest absolute Gasteiger partial charge is 0.281 e. The van der Waals surface area contributed by atoms with E-state index in [1.165, 1.54) is 6.07 Å². The van der Waals surface area contributed by atoms with Crippen molar-refractivity contribution < 1.29 is 19.7 Å². The third-order valence-corrected chi connectivity index (χ3v) is 2.49. The van der Waals surface area contributed by atoms with Crippen LogP contribution in [0.2, 0.25) is 0 Å². The summed E-state index contributed by atoms with van der Waals surface area (Å²) in [5.74, 6) is 0.488. The Morgan fingerprint density at radius 2 is 1.28 bits per heavy atom. The Bertz CT molecular complexity index is 364. The SMILES string of the molecule is OCC(Cl)(Cl)Oc1cccc(OC(Cl)(Cl)CO)c1.